The van der Waals surface area contributed by atoms with Crippen LogP contribution in [0.2, 0.25) is 0 Å². The van der Waals surface area contributed by atoms with Crippen LogP contribution in [0.4, 0.5) is 13.2 Å². The third-order valence-electron chi connectivity index (χ3n) is 1.66. The number of hydrogen-bond donors (Lipinski definition) is 3. The van der Waals surface area contributed by atoms with E-state index in [1.165, 1.54) is 18.3 Å². The Kier molecular flexibility index (Phi) is 3.49. The monoisotopic (exact) mass is 231 g/mol. The van der Waals surface area contributed by atoms with Crippen LogP contribution in [0.25, 0.3) is 0 Å². The minimum atomic E-state index is -4.33. The minimum Gasteiger partial charge on any atom is -0.365 e. The van der Waals surface area contributed by atoms with Gasteiger partial charge in [0.1, 0.15) is 0 Å². The molecule has 0 saturated carbocycles. The summed E-state index contributed by atoms with van der Waals surface area (Å²) in [5.41, 5.74) is 9.89. The van der Waals surface area contributed by atoms with Crippen LogP contribution >= 0.6 is 0 Å². The highest BCUT2D eigenvalue weighted by molar-refractivity contribution is 5.77. The van der Waals surface area contributed by atoms with E-state index in [1.54, 1.807) is 0 Å². The lowest BCUT2D eigenvalue weighted by Crippen LogP contribution is -2.63. The Balaban J connectivity index is 2.80. The number of rotatable bonds is 2. The molecule has 0 unspecified atom stereocenters. The molecule has 0 atom stereocenters. The summed E-state index contributed by atoms with van der Waals surface area (Å²) in [7, 11) is 0. The van der Waals surface area contributed by atoms with Crippen molar-refractivity contribution < 1.29 is 18.3 Å². The zero-order valence-corrected chi connectivity index (χ0v) is 8.12. The molecule has 0 aromatic heterocycles. The van der Waals surface area contributed by atoms with E-state index in [4.69, 9.17) is 11.5 Å². The number of alkyl halides is 3. The number of benzene rings is 1. The molecule has 0 saturated heterocycles. The number of hydrazone groups is 1. The average Bonchev–Trinajstić information content (AvgIpc) is 2.16. The molecule has 1 aromatic rings. The van der Waals surface area contributed by atoms with Crippen LogP contribution < -0.4 is 16.6 Å². The highest BCUT2D eigenvalue weighted by atomic mass is 19.4. The third kappa shape index (κ3) is 3.60. The maximum absolute atomic E-state index is 12.2. The van der Waals surface area contributed by atoms with Crippen molar-refractivity contribution in [3.8, 4) is 0 Å². The summed E-state index contributed by atoms with van der Waals surface area (Å²) in [4.78, 5) is 0. The van der Waals surface area contributed by atoms with Crippen LogP contribution in [0.5, 0.6) is 0 Å². The fraction of sp³-hybridized carbons (Fsp3) is 0.111. The first-order valence-corrected chi connectivity index (χ1v) is 4.24. The molecule has 0 radical (unpaired) electrons. The molecule has 1 rings (SSSR count). The second-order valence-corrected chi connectivity index (χ2v) is 2.93. The Bertz CT molecular complexity index is 402. The Labute approximate surface area is 89.5 Å². The lowest BCUT2D eigenvalue weighted by atomic mass is 10.1. The van der Waals surface area contributed by atoms with E-state index >= 15 is 0 Å². The van der Waals surface area contributed by atoms with E-state index in [-0.39, 0.29) is 5.96 Å². The van der Waals surface area contributed by atoms with Crippen LogP contribution in [0.15, 0.2) is 29.4 Å². The number of halogens is 3. The Morgan fingerprint density at radius 2 is 1.75 bits per heavy atom. The van der Waals surface area contributed by atoms with Crippen molar-refractivity contribution in [3.05, 3.63) is 35.4 Å². The average molecular weight is 231 g/mol. The molecule has 1 aromatic carbocycles. The van der Waals surface area contributed by atoms with E-state index in [0.717, 1.165) is 12.1 Å². The molecule has 0 amide bonds. The lowest BCUT2D eigenvalue weighted by Gasteiger charge is -2.04. The number of nitrogens with two attached hydrogens (primary N) is 2. The van der Waals surface area contributed by atoms with Gasteiger partial charge in [0, 0.05) is 10.7 Å². The van der Waals surface area contributed by atoms with Gasteiger partial charge in [-0.15, -0.1) is 5.10 Å². The summed E-state index contributed by atoms with van der Waals surface area (Å²) in [6.07, 6.45) is -2.95. The SMILES string of the molecule is NC(N)=N/[NH+]=C\c1ccc(C(F)(F)F)cc1. The van der Waals surface area contributed by atoms with Gasteiger partial charge in [0.25, 0.3) is 5.96 Å². The summed E-state index contributed by atoms with van der Waals surface area (Å²) < 4.78 is 36.6. The third-order valence-corrected chi connectivity index (χ3v) is 1.66. The van der Waals surface area contributed by atoms with Gasteiger partial charge in [0.05, 0.1) is 5.56 Å². The molecular weight excluding hydrogens is 221 g/mol. The molecule has 0 spiro atoms. The Hall–Kier alpha value is -2.05. The lowest BCUT2D eigenvalue weighted by molar-refractivity contribution is -0.456. The van der Waals surface area contributed by atoms with E-state index < -0.39 is 11.7 Å². The molecule has 0 heterocycles. The number of hydrogen-bond acceptors (Lipinski definition) is 1. The van der Waals surface area contributed by atoms with Crippen molar-refractivity contribution >= 4 is 12.2 Å². The predicted octanol–water partition coefficient (Wildman–Crippen LogP) is -0.607. The second-order valence-electron chi connectivity index (χ2n) is 2.93. The summed E-state index contributed by atoms with van der Waals surface area (Å²) in [6.45, 7) is 0. The van der Waals surface area contributed by atoms with E-state index in [9.17, 15) is 13.2 Å². The molecule has 4 nitrogen and oxygen atoms in total. The van der Waals surface area contributed by atoms with Crippen molar-refractivity contribution in [2.45, 2.75) is 6.18 Å². The molecule has 0 aliphatic heterocycles. The van der Waals surface area contributed by atoms with Gasteiger partial charge in [-0.3, -0.25) is 0 Å². The van der Waals surface area contributed by atoms with Gasteiger partial charge in [-0.2, -0.15) is 13.2 Å². The smallest absolute Gasteiger partial charge is 0.365 e. The number of guanidine groups is 1. The standard InChI is InChI=1S/C9H9F3N4/c10-9(11,12)7-3-1-6(2-4-7)5-15-16-8(13)14/h1-5H,(H4,13,14,16)/p+1/b15-5-. The topological polar surface area (TPSA) is 78.4 Å². The van der Waals surface area contributed by atoms with Crippen molar-refractivity contribution in [2.24, 2.45) is 16.6 Å². The number of nitrogens with one attached hydrogen (secondary N) is 1. The van der Waals surface area contributed by atoms with Gasteiger partial charge in [0.2, 0.25) is 6.21 Å². The first kappa shape index (κ1) is 12.0. The molecule has 0 fully saturated rings. The molecular formula is C9H10F3N4+. The minimum absolute atomic E-state index is 0.164. The first-order valence-electron chi connectivity index (χ1n) is 4.24. The van der Waals surface area contributed by atoms with Crippen LogP contribution in [0, 0.1) is 0 Å². The first-order chi connectivity index (χ1) is 7.39. The highest BCUT2D eigenvalue weighted by Crippen LogP contribution is 2.28. The predicted molar refractivity (Wildman–Crippen MR) is 53.4 cm³/mol. The molecule has 0 bridgehead atoms. The largest absolute Gasteiger partial charge is 0.416 e. The van der Waals surface area contributed by atoms with Crippen molar-refractivity contribution in [3.63, 3.8) is 0 Å². The molecule has 5 N–H and O–H groups in total. The molecule has 7 heteroatoms. The van der Waals surface area contributed by atoms with Gasteiger partial charge in [-0.05, 0) is 24.3 Å². The molecule has 0 aliphatic rings. The van der Waals surface area contributed by atoms with Gasteiger partial charge in [-0.1, -0.05) is 0 Å². The molecule has 86 valence electrons. The Morgan fingerprint density at radius 3 is 2.19 bits per heavy atom. The normalized spacial score (nSPS) is 11.7. The zero-order chi connectivity index (χ0) is 12.2. The fourth-order valence-corrected chi connectivity index (χ4v) is 0.950. The quantitative estimate of drug-likeness (QED) is 0.361. The maximum Gasteiger partial charge on any atom is 0.416 e. The van der Waals surface area contributed by atoms with Gasteiger partial charge >= 0.3 is 6.18 Å². The maximum atomic E-state index is 12.2. The van der Waals surface area contributed by atoms with Crippen LogP contribution in [-0.2, 0) is 6.18 Å². The van der Waals surface area contributed by atoms with Gasteiger partial charge in [-0.25, -0.2) is 0 Å². The van der Waals surface area contributed by atoms with Crippen molar-refractivity contribution in [2.75, 3.05) is 0 Å². The van der Waals surface area contributed by atoms with Crippen molar-refractivity contribution in [1.29, 1.82) is 0 Å². The van der Waals surface area contributed by atoms with E-state index in [0.29, 0.717) is 5.56 Å². The summed E-state index contributed by atoms with van der Waals surface area (Å²) in [5, 5.41) is 5.83. The van der Waals surface area contributed by atoms with E-state index in [1.807, 2.05) is 0 Å². The zero-order valence-electron chi connectivity index (χ0n) is 8.12. The fourth-order valence-electron chi connectivity index (χ4n) is 0.950. The number of nitrogens with zero attached hydrogens (tertiary/aromatic N) is 1. The Morgan fingerprint density at radius 1 is 1.19 bits per heavy atom. The van der Waals surface area contributed by atoms with Crippen LogP contribution in [0.1, 0.15) is 11.1 Å². The summed E-state index contributed by atoms with van der Waals surface area (Å²) >= 11 is 0. The van der Waals surface area contributed by atoms with Crippen LogP contribution in [-0.4, -0.2) is 12.2 Å². The highest BCUT2D eigenvalue weighted by Gasteiger charge is 2.29. The van der Waals surface area contributed by atoms with Gasteiger partial charge in [0.15, 0.2) is 0 Å². The summed E-state index contributed by atoms with van der Waals surface area (Å²) in [6, 6.07) is 4.56. The molecule has 0 aliphatic carbocycles. The second kappa shape index (κ2) is 4.65. The summed E-state index contributed by atoms with van der Waals surface area (Å²) in [5.74, 6) is -0.164. The van der Waals surface area contributed by atoms with Crippen LogP contribution in [0.3, 0.4) is 0 Å². The van der Waals surface area contributed by atoms with Crippen molar-refractivity contribution in [1.82, 2.24) is 0 Å². The van der Waals surface area contributed by atoms with Gasteiger partial charge < -0.3 is 11.5 Å². The molecule has 16 heavy (non-hydrogen) atoms. The van der Waals surface area contributed by atoms with E-state index in [2.05, 4.69) is 10.2 Å².